The van der Waals surface area contributed by atoms with Gasteiger partial charge in [-0.15, -0.1) is 0 Å². The van der Waals surface area contributed by atoms with Gasteiger partial charge in [-0.25, -0.2) is 9.79 Å². The fourth-order valence-corrected chi connectivity index (χ4v) is 2.13. The van der Waals surface area contributed by atoms with Crippen LogP contribution in [-0.2, 0) is 9.59 Å². The first-order chi connectivity index (χ1) is 9.45. The minimum Gasteiger partial charge on any atom is -0.396 e. The molecule has 2 aliphatic rings. The molecule has 4 amide bonds. The van der Waals surface area contributed by atoms with Crippen molar-refractivity contribution in [2.24, 2.45) is 16.6 Å². The normalized spacial score (nSPS) is 25.4. The van der Waals surface area contributed by atoms with Crippen LogP contribution in [0.15, 0.2) is 4.99 Å². The molecule has 1 atom stereocenters. The van der Waals surface area contributed by atoms with Gasteiger partial charge in [0.05, 0.1) is 0 Å². The van der Waals surface area contributed by atoms with Crippen LogP contribution in [0.2, 0.25) is 0 Å². The first-order valence-electron chi connectivity index (χ1n) is 5.97. The number of rotatable bonds is 5. The quantitative estimate of drug-likeness (QED) is 0.262. The largest absolute Gasteiger partial charge is 0.396 e. The minimum absolute atomic E-state index is 0.0342. The minimum atomic E-state index is -2.02. The van der Waals surface area contributed by atoms with E-state index in [0.717, 1.165) is 4.90 Å². The van der Waals surface area contributed by atoms with Gasteiger partial charge in [0, 0.05) is 25.7 Å². The van der Waals surface area contributed by atoms with Crippen LogP contribution in [0.5, 0.6) is 0 Å². The van der Waals surface area contributed by atoms with Gasteiger partial charge in [-0.3, -0.25) is 25.1 Å². The molecule has 10 nitrogen and oxygen atoms in total. The number of carbonyl (C=O) groups is 3. The van der Waals surface area contributed by atoms with Crippen molar-refractivity contribution < 1.29 is 24.6 Å². The number of nitrogens with zero attached hydrogens (tertiary/aromatic N) is 2. The molecule has 0 aromatic carbocycles. The highest BCUT2D eigenvalue weighted by atomic mass is 16.3. The van der Waals surface area contributed by atoms with E-state index in [0.29, 0.717) is 0 Å². The molecule has 1 fully saturated rings. The van der Waals surface area contributed by atoms with Gasteiger partial charge in [-0.05, 0) is 6.42 Å². The van der Waals surface area contributed by atoms with Crippen LogP contribution < -0.4 is 16.4 Å². The van der Waals surface area contributed by atoms with Crippen LogP contribution in [0, 0.1) is 5.92 Å². The van der Waals surface area contributed by atoms with E-state index in [1.54, 1.807) is 0 Å². The van der Waals surface area contributed by atoms with E-state index in [9.17, 15) is 14.4 Å². The smallest absolute Gasteiger partial charge is 0.326 e. The molecule has 20 heavy (non-hydrogen) atoms. The lowest BCUT2D eigenvalue weighted by atomic mass is 10.1. The zero-order valence-corrected chi connectivity index (χ0v) is 10.5. The van der Waals surface area contributed by atoms with Gasteiger partial charge in [0.15, 0.2) is 5.96 Å². The van der Waals surface area contributed by atoms with Gasteiger partial charge in [0.1, 0.15) is 0 Å². The molecule has 0 aromatic heterocycles. The average molecular weight is 285 g/mol. The van der Waals surface area contributed by atoms with Gasteiger partial charge in [0.25, 0.3) is 17.5 Å². The summed E-state index contributed by atoms with van der Waals surface area (Å²) >= 11 is 0. The van der Waals surface area contributed by atoms with E-state index in [1.165, 1.54) is 0 Å². The number of aliphatic hydroxyl groups is 2. The number of hydrogen-bond acceptors (Lipinski definition) is 7. The van der Waals surface area contributed by atoms with E-state index in [1.807, 2.05) is 5.32 Å². The fraction of sp³-hybridized carbons (Fsp3) is 0.600. The molecule has 2 rings (SSSR count). The summed E-state index contributed by atoms with van der Waals surface area (Å²) in [6.07, 6.45) is 0.207. The Morgan fingerprint density at radius 3 is 2.30 bits per heavy atom. The molecule has 0 bridgehead atoms. The Balaban J connectivity index is 2.23. The predicted octanol–water partition coefficient (Wildman–Crippen LogP) is -3.33. The third kappa shape index (κ3) is 1.98. The molecule has 0 aromatic rings. The summed E-state index contributed by atoms with van der Waals surface area (Å²) in [6, 6.07) is -0.766. The van der Waals surface area contributed by atoms with E-state index in [4.69, 9.17) is 15.9 Å². The number of urea groups is 1. The molecule has 0 saturated carbocycles. The summed E-state index contributed by atoms with van der Waals surface area (Å²) in [5, 5.41) is 22.2. The number of aliphatic imine (C=N–C) groups is 1. The molecule has 0 radical (unpaired) electrons. The third-order valence-electron chi connectivity index (χ3n) is 3.29. The SMILES string of the molecule is NC1=NC2(C(=O)NC(=O)N2CCC(CO)CO)C(=O)N1. The second kappa shape index (κ2) is 5.06. The lowest BCUT2D eigenvalue weighted by Crippen LogP contribution is -2.55. The molecular weight excluding hydrogens is 270 g/mol. The monoisotopic (exact) mass is 285 g/mol. The molecule has 1 saturated heterocycles. The van der Waals surface area contributed by atoms with Gasteiger partial charge in [0.2, 0.25) is 0 Å². The van der Waals surface area contributed by atoms with Crippen LogP contribution in [-0.4, -0.2) is 64.3 Å². The zero-order chi connectivity index (χ0) is 14.9. The molecule has 1 unspecified atom stereocenters. The molecular formula is C10H15N5O5. The second-order valence-corrected chi connectivity index (χ2v) is 4.55. The lowest BCUT2D eigenvalue weighted by Gasteiger charge is -2.27. The van der Waals surface area contributed by atoms with E-state index in [2.05, 4.69) is 10.3 Å². The molecule has 2 heterocycles. The van der Waals surface area contributed by atoms with Crippen LogP contribution in [0.4, 0.5) is 4.79 Å². The van der Waals surface area contributed by atoms with Crippen molar-refractivity contribution in [2.45, 2.75) is 12.1 Å². The van der Waals surface area contributed by atoms with Crippen molar-refractivity contribution in [3.8, 4) is 0 Å². The summed E-state index contributed by atoms with van der Waals surface area (Å²) in [7, 11) is 0. The molecule has 6 N–H and O–H groups in total. The Morgan fingerprint density at radius 1 is 1.20 bits per heavy atom. The number of guanidine groups is 1. The Morgan fingerprint density at radius 2 is 1.80 bits per heavy atom. The number of amides is 4. The highest BCUT2D eigenvalue weighted by Gasteiger charge is 2.61. The summed E-state index contributed by atoms with van der Waals surface area (Å²) < 4.78 is 0. The number of nitrogens with two attached hydrogens (primary N) is 1. The maximum absolute atomic E-state index is 11.9. The van der Waals surface area contributed by atoms with Crippen LogP contribution >= 0.6 is 0 Å². The van der Waals surface area contributed by atoms with Crippen LogP contribution in [0.25, 0.3) is 0 Å². The maximum atomic E-state index is 11.9. The fourth-order valence-electron chi connectivity index (χ4n) is 2.13. The number of aliphatic hydroxyl groups excluding tert-OH is 2. The van der Waals surface area contributed by atoms with Crippen molar-refractivity contribution in [2.75, 3.05) is 19.8 Å². The van der Waals surface area contributed by atoms with Crippen LogP contribution in [0.3, 0.4) is 0 Å². The van der Waals surface area contributed by atoms with E-state index >= 15 is 0 Å². The number of nitrogens with one attached hydrogen (secondary N) is 2. The number of hydrogen-bond donors (Lipinski definition) is 5. The van der Waals surface area contributed by atoms with Gasteiger partial charge >= 0.3 is 6.03 Å². The van der Waals surface area contributed by atoms with Crippen molar-refractivity contribution in [1.82, 2.24) is 15.5 Å². The van der Waals surface area contributed by atoms with E-state index < -0.39 is 29.4 Å². The van der Waals surface area contributed by atoms with Crippen molar-refractivity contribution in [3.05, 3.63) is 0 Å². The first kappa shape index (κ1) is 14.2. The summed E-state index contributed by atoms with van der Waals surface area (Å²) in [4.78, 5) is 40.2. The van der Waals surface area contributed by atoms with Crippen LogP contribution in [0.1, 0.15) is 6.42 Å². The molecule has 1 spiro atoms. The van der Waals surface area contributed by atoms with Crippen molar-refractivity contribution in [1.29, 1.82) is 0 Å². The van der Waals surface area contributed by atoms with Crippen molar-refractivity contribution in [3.63, 3.8) is 0 Å². The molecule has 2 aliphatic heterocycles. The highest BCUT2D eigenvalue weighted by Crippen LogP contribution is 2.27. The molecule has 0 aliphatic carbocycles. The maximum Gasteiger partial charge on any atom is 0.326 e. The third-order valence-corrected chi connectivity index (χ3v) is 3.29. The summed E-state index contributed by atoms with van der Waals surface area (Å²) in [6.45, 7) is -0.581. The highest BCUT2D eigenvalue weighted by molar-refractivity contribution is 6.25. The second-order valence-electron chi connectivity index (χ2n) is 4.55. The molecule has 10 heteroatoms. The summed E-state index contributed by atoms with van der Waals surface area (Å²) in [5.41, 5.74) is 3.36. The topological polar surface area (TPSA) is 157 Å². The summed E-state index contributed by atoms with van der Waals surface area (Å²) in [5.74, 6) is -2.38. The first-order valence-corrected chi connectivity index (χ1v) is 5.97. The standard InChI is InChI=1S/C10H15N5O5/c11-8-12-6(18)10(14-8)7(19)13-9(20)15(10)2-1-5(3-16)4-17/h5,16-17H,1-4H2,(H,13,19,20)(H3,11,12,14,18). The lowest BCUT2D eigenvalue weighted by molar-refractivity contribution is -0.137. The predicted molar refractivity (Wildman–Crippen MR) is 65.0 cm³/mol. The van der Waals surface area contributed by atoms with Gasteiger partial charge in [-0.2, -0.15) is 0 Å². The number of carbonyl (C=O) groups excluding carboxylic acids is 3. The van der Waals surface area contributed by atoms with Gasteiger partial charge in [-0.1, -0.05) is 0 Å². The Bertz CT molecular complexity index is 488. The van der Waals surface area contributed by atoms with E-state index in [-0.39, 0.29) is 32.1 Å². The Kier molecular flexibility index (Phi) is 3.59. The zero-order valence-electron chi connectivity index (χ0n) is 10.5. The Hall–Kier alpha value is -2.20. The Labute approximate surface area is 113 Å². The number of imide groups is 1. The van der Waals surface area contributed by atoms with Crippen molar-refractivity contribution >= 4 is 23.8 Å². The molecule has 110 valence electrons. The average Bonchev–Trinajstić information content (AvgIpc) is 2.81. The van der Waals surface area contributed by atoms with Gasteiger partial charge < -0.3 is 15.9 Å².